The SMILES string of the molecule is Cc1ccc(CCCC(=O)N2CCc3ccccc3C2c2cc(Cl)ccc2OCC(=O)OC(=O)COc2ccc(Cl)cc2C2c3ccccc3CCN2C(=O)Cc2csc3ccc(Cl)cc23)cc1. The molecule has 0 bridgehead atoms. The van der Waals surface area contributed by atoms with Gasteiger partial charge in [-0.1, -0.05) is 113 Å². The fraction of sp³-hybridized carbons (Fsp3) is 0.236. The van der Waals surface area contributed by atoms with E-state index >= 15 is 0 Å². The number of fused-ring (bicyclic) bond motifs is 3. The Morgan fingerprint density at radius 3 is 1.74 bits per heavy atom. The van der Waals surface area contributed by atoms with Crippen LogP contribution in [0.25, 0.3) is 10.1 Å². The second-order valence-electron chi connectivity index (χ2n) is 17.1. The molecule has 0 radical (unpaired) electrons. The van der Waals surface area contributed by atoms with Gasteiger partial charge in [0.25, 0.3) is 0 Å². The molecule has 0 fully saturated rings. The zero-order chi connectivity index (χ0) is 47.3. The number of rotatable bonds is 14. The van der Waals surface area contributed by atoms with Gasteiger partial charge in [0.2, 0.25) is 11.8 Å². The molecule has 0 spiro atoms. The number of benzene rings is 6. The highest BCUT2D eigenvalue weighted by molar-refractivity contribution is 7.17. The fourth-order valence-corrected chi connectivity index (χ4v) is 10.8. The second-order valence-corrected chi connectivity index (χ2v) is 19.3. The van der Waals surface area contributed by atoms with Crippen molar-refractivity contribution >= 4 is 80.0 Å². The molecular formula is C55H47Cl3N2O7S. The van der Waals surface area contributed by atoms with Crippen molar-refractivity contribution in [2.24, 2.45) is 0 Å². The lowest BCUT2D eigenvalue weighted by molar-refractivity contribution is -0.162. The Labute approximate surface area is 414 Å². The van der Waals surface area contributed by atoms with Gasteiger partial charge in [0.05, 0.1) is 18.5 Å². The minimum absolute atomic E-state index is 0.00113. The van der Waals surface area contributed by atoms with Crippen LogP contribution in [-0.4, -0.2) is 59.9 Å². The van der Waals surface area contributed by atoms with Crippen LogP contribution in [-0.2, 0) is 49.6 Å². The van der Waals surface area contributed by atoms with E-state index in [1.165, 1.54) is 11.1 Å². The molecule has 7 aromatic rings. The van der Waals surface area contributed by atoms with E-state index in [4.69, 9.17) is 49.0 Å². The molecular weight excluding hydrogens is 939 g/mol. The van der Waals surface area contributed by atoms with E-state index in [0.29, 0.717) is 76.5 Å². The summed E-state index contributed by atoms with van der Waals surface area (Å²) in [5.41, 5.74) is 8.48. The number of esters is 2. The van der Waals surface area contributed by atoms with Gasteiger partial charge < -0.3 is 24.0 Å². The van der Waals surface area contributed by atoms with Crippen LogP contribution < -0.4 is 9.47 Å². The van der Waals surface area contributed by atoms with E-state index in [1.54, 1.807) is 47.7 Å². The van der Waals surface area contributed by atoms with Crippen molar-refractivity contribution in [3.63, 3.8) is 0 Å². The molecule has 3 heterocycles. The van der Waals surface area contributed by atoms with Gasteiger partial charge in [0, 0.05) is 50.4 Å². The third kappa shape index (κ3) is 10.6. The van der Waals surface area contributed by atoms with Crippen molar-refractivity contribution < 1.29 is 33.4 Å². The molecule has 9 rings (SSSR count). The topological polar surface area (TPSA) is 102 Å². The smallest absolute Gasteiger partial charge is 0.351 e. The summed E-state index contributed by atoms with van der Waals surface area (Å²) in [5, 5.41) is 4.39. The van der Waals surface area contributed by atoms with E-state index in [1.807, 2.05) is 75.8 Å². The minimum atomic E-state index is -0.945. The van der Waals surface area contributed by atoms with Crippen LogP contribution in [0.5, 0.6) is 11.5 Å². The summed E-state index contributed by atoms with van der Waals surface area (Å²) in [7, 11) is 0. The Balaban J connectivity index is 0.883. The summed E-state index contributed by atoms with van der Waals surface area (Å²) in [6, 6.07) is 38.9. The normalized spacial score (nSPS) is 15.4. The Morgan fingerprint density at radius 2 is 1.15 bits per heavy atom. The number of nitrogens with zero attached hydrogens (tertiary/aromatic N) is 2. The molecule has 0 aliphatic carbocycles. The standard InChI is InChI=1S/C55H47Cl3N2O7S/c1-34-13-15-35(16-14-34)7-6-12-50(61)59-25-23-36-8-2-4-10-42(36)54(59)45-29-39(56)17-20-47(45)65-31-52(63)67-53(64)32-66-48-21-18-40(57)30-46(48)55-43-11-5-3-9-37(43)24-26-60(55)51(62)27-38-33-68-49-22-19-41(58)28-44(38)49/h2-5,8-11,13-22,28-30,33,54-55H,6-7,12,23-27,31-32H2,1H3. The molecule has 2 atom stereocenters. The Morgan fingerprint density at radius 1 is 0.618 bits per heavy atom. The van der Waals surface area contributed by atoms with Gasteiger partial charge in [0.1, 0.15) is 11.5 Å². The van der Waals surface area contributed by atoms with Crippen LogP contribution in [0.3, 0.4) is 0 Å². The van der Waals surface area contributed by atoms with Gasteiger partial charge in [0.15, 0.2) is 13.2 Å². The van der Waals surface area contributed by atoms with Crippen LogP contribution in [0.15, 0.2) is 133 Å². The lowest BCUT2D eigenvalue weighted by Gasteiger charge is -2.38. The first kappa shape index (κ1) is 46.9. The Hall–Kier alpha value is -6.17. The molecule has 68 heavy (non-hydrogen) atoms. The molecule has 2 aliphatic rings. The molecule has 0 N–H and O–H groups in total. The number of carbonyl (C=O) groups is 4. The quantitative estimate of drug-likeness (QED) is 0.0790. The molecule has 346 valence electrons. The highest BCUT2D eigenvalue weighted by Gasteiger charge is 2.36. The lowest BCUT2D eigenvalue weighted by atomic mass is 9.87. The van der Waals surface area contributed by atoms with Gasteiger partial charge in [-0.15, -0.1) is 11.3 Å². The molecule has 2 aliphatic heterocycles. The molecule has 0 saturated heterocycles. The van der Waals surface area contributed by atoms with Crippen LogP contribution >= 0.6 is 46.1 Å². The van der Waals surface area contributed by atoms with E-state index in [-0.39, 0.29) is 18.2 Å². The van der Waals surface area contributed by atoms with Crippen molar-refractivity contribution in [2.45, 2.75) is 57.5 Å². The fourth-order valence-electron chi connectivity index (χ4n) is 9.33. The van der Waals surface area contributed by atoms with E-state index in [9.17, 15) is 19.2 Å². The Bertz CT molecular complexity index is 3030. The third-order valence-electron chi connectivity index (χ3n) is 12.6. The predicted molar refractivity (Wildman–Crippen MR) is 267 cm³/mol. The average Bonchev–Trinajstić information content (AvgIpc) is 3.73. The van der Waals surface area contributed by atoms with Crippen molar-refractivity contribution in [1.82, 2.24) is 9.80 Å². The maximum absolute atomic E-state index is 14.3. The van der Waals surface area contributed by atoms with Crippen molar-refractivity contribution in [2.75, 3.05) is 26.3 Å². The zero-order valence-electron chi connectivity index (χ0n) is 37.2. The van der Waals surface area contributed by atoms with Gasteiger partial charge in [-0.05, 0) is 131 Å². The number of aryl methyl sites for hydroxylation is 2. The summed E-state index contributed by atoms with van der Waals surface area (Å²) in [6.07, 6.45) is 3.31. The first-order chi connectivity index (χ1) is 33.0. The predicted octanol–water partition coefficient (Wildman–Crippen LogP) is 11.9. The van der Waals surface area contributed by atoms with Crippen LogP contribution in [0.2, 0.25) is 15.1 Å². The number of thiophene rings is 1. The van der Waals surface area contributed by atoms with Gasteiger partial charge in [-0.25, -0.2) is 9.59 Å². The first-order valence-corrected chi connectivity index (χ1v) is 24.5. The van der Waals surface area contributed by atoms with Crippen LogP contribution in [0, 0.1) is 6.92 Å². The largest absolute Gasteiger partial charge is 0.482 e. The zero-order valence-corrected chi connectivity index (χ0v) is 40.3. The van der Waals surface area contributed by atoms with Crippen LogP contribution in [0.1, 0.15) is 75.0 Å². The Kier molecular flexibility index (Phi) is 14.5. The molecule has 13 heteroatoms. The van der Waals surface area contributed by atoms with E-state index < -0.39 is 37.2 Å². The monoisotopic (exact) mass is 984 g/mol. The molecule has 0 saturated carbocycles. The number of halogens is 3. The van der Waals surface area contributed by atoms with E-state index in [0.717, 1.165) is 44.3 Å². The molecule has 1 aromatic heterocycles. The first-order valence-electron chi connectivity index (χ1n) is 22.5. The molecule has 9 nitrogen and oxygen atoms in total. The minimum Gasteiger partial charge on any atom is -0.482 e. The summed E-state index contributed by atoms with van der Waals surface area (Å²) in [6.45, 7) is 1.77. The number of ether oxygens (including phenoxy) is 3. The van der Waals surface area contributed by atoms with Crippen molar-refractivity contribution in [3.8, 4) is 11.5 Å². The molecule has 6 aromatic carbocycles. The maximum atomic E-state index is 14.3. The highest BCUT2D eigenvalue weighted by Crippen LogP contribution is 2.43. The van der Waals surface area contributed by atoms with Crippen LogP contribution in [0.4, 0.5) is 0 Å². The van der Waals surface area contributed by atoms with Gasteiger partial charge >= 0.3 is 11.9 Å². The third-order valence-corrected chi connectivity index (χ3v) is 14.3. The highest BCUT2D eigenvalue weighted by atomic mass is 35.5. The van der Waals surface area contributed by atoms with Crippen molar-refractivity contribution in [3.05, 3.63) is 198 Å². The number of carbonyl (C=O) groups excluding carboxylic acids is 4. The lowest BCUT2D eigenvalue weighted by Crippen LogP contribution is -2.41. The molecule has 2 amide bonds. The van der Waals surface area contributed by atoms with Gasteiger partial charge in [-0.2, -0.15) is 0 Å². The number of hydrogen-bond donors (Lipinski definition) is 0. The summed E-state index contributed by atoms with van der Waals surface area (Å²) >= 11 is 21.1. The maximum Gasteiger partial charge on any atom is 0.351 e. The summed E-state index contributed by atoms with van der Waals surface area (Å²) < 4.78 is 18.4. The molecule has 2 unspecified atom stereocenters. The number of amides is 2. The summed E-state index contributed by atoms with van der Waals surface area (Å²) in [5.74, 6) is -1.35. The van der Waals surface area contributed by atoms with Crippen molar-refractivity contribution in [1.29, 1.82) is 0 Å². The second kappa shape index (κ2) is 21.0. The van der Waals surface area contributed by atoms with Gasteiger partial charge in [-0.3, -0.25) is 9.59 Å². The van der Waals surface area contributed by atoms with E-state index in [2.05, 4.69) is 37.3 Å². The summed E-state index contributed by atoms with van der Waals surface area (Å²) in [4.78, 5) is 58.6. The number of hydrogen-bond acceptors (Lipinski definition) is 8. The average molecular weight is 986 g/mol.